The van der Waals surface area contributed by atoms with E-state index >= 15 is 0 Å². The summed E-state index contributed by atoms with van der Waals surface area (Å²) in [4.78, 5) is 47.2. The quantitative estimate of drug-likeness (QED) is 0.131. The number of nitrogens with zero attached hydrogens (tertiary/aromatic N) is 1. The number of carbonyl (C=O) groups is 3. The van der Waals surface area contributed by atoms with Crippen LogP contribution in [-0.2, 0) is 27.3 Å². The number of phenolic OH excluding ortho intramolecular Hbond substituents is 1. The van der Waals surface area contributed by atoms with Gasteiger partial charge in [-0.15, -0.1) is 0 Å². The summed E-state index contributed by atoms with van der Waals surface area (Å²) in [5, 5.41) is 15.8. The molecule has 11 nitrogen and oxygen atoms in total. The third-order valence-corrected chi connectivity index (χ3v) is 7.51. The molecule has 2 heterocycles. The summed E-state index contributed by atoms with van der Waals surface area (Å²) in [6.07, 6.45) is 0.830. The lowest BCUT2D eigenvalue weighted by molar-refractivity contribution is -0.124. The average molecular weight is 643 g/mol. The number of benzene rings is 3. The number of carbonyl (C=O) groups excluding carboxylic acids is 3. The van der Waals surface area contributed by atoms with Crippen LogP contribution in [0.5, 0.6) is 5.75 Å². The van der Waals surface area contributed by atoms with Gasteiger partial charge in [-0.05, 0) is 46.9 Å². The normalized spacial score (nSPS) is 12.7. The molecule has 47 heavy (non-hydrogen) atoms. The third-order valence-electron chi connectivity index (χ3n) is 7.51. The number of alkyl carbamates (subject to hydrolysis) is 1. The van der Waals surface area contributed by atoms with E-state index in [1.807, 2.05) is 51.1 Å². The molecular weight excluding hydrogens is 607 g/mol. The number of aromatic nitrogens is 2. The maximum atomic E-state index is 14.2. The highest BCUT2D eigenvalue weighted by Gasteiger charge is 2.37. The van der Waals surface area contributed by atoms with Crippen molar-refractivity contribution in [1.29, 1.82) is 0 Å². The number of aromatic hydroxyl groups is 1. The van der Waals surface area contributed by atoms with E-state index in [9.17, 15) is 23.9 Å². The van der Waals surface area contributed by atoms with Gasteiger partial charge < -0.3 is 34.6 Å². The van der Waals surface area contributed by atoms with Crippen LogP contribution in [0, 0.1) is 11.2 Å². The number of aromatic amines is 1. The summed E-state index contributed by atoms with van der Waals surface area (Å²) in [5.74, 6) is -1.75. The van der Waals surface area contributed by atoms with Crippen molar-refractivity contribution in [1.82, 2.24) is 20.6 Å². The van der Waals surface area contributed by atoms with Crippen LogP contribution in [0.4, 0.5) is 9.18 Å². The second-order valence-corrected chi connectivity index (χ2v) is 12.1. The Kier molecular flexibility index (Phi) is 9.59. The summed E-state index contributed by atoms with van der Waals surface area (Å²) < 4.78 is 30.7. The molecule has 244 valence electrons. The Labute approximate surface area is 270 Å². The van der Waals surface area contributed by atoms with Crippen molar-refractivity contribution in [2.24, 2.45) is 5.41 Å². The maximum Gasteiger partial charge on any atom is 0.408 e. The fourth-order valence-corrected chi connectivity index (χ4v) is 5.03. The summed E-state index contributed by atoms with van der Waals surface area (Å²) in [6, 6.07) is 17.5. The average Bonchev–Trinajstić information content (AvgIpc) is 3.67. The molecule has 5 aromatic rings. The minimum absolute atomic E-state index is 0.00189. The Balaban J connectivity index is 1.46. The number of amides is 2. The summed E-state index contributed by atoms with van der Waals surface area (Å²) in [7, 11) is 1.20. The molecule has 2 aromatic heterocycles. The molecule has 3 aromatic carbocycles. The van der Waals surface area contributed by atoms with E-state index in [1.165, 1.54) is 31.4 Å². The van der Waals surface area contributed by atoms with E-state index in [4.69, 9.17) is 13.9 Å². The van der Waals surface area contributed by atoms with Crippen molar-refractivity contribution < 1.29 is 37.8 Å². The molecule has 0 bridgehead atoms. The largest absolute Gasteiger partial charge is 0.508 e. The molecule has 2 amide bonds. The second kappa shape index (κ2) is 13.8. The Morgan fingerprint density at radius 2 is 1.72 bits per heavy atom. The van der Waals surface area contributed by atoms with Crippen LogP contribution >= 0.6 is 0 Å². The molecule has 0 aliphatic rings. The number of fused-ring (bicyclic) bond motifs is 1. The van der Waals surface area contributed by atoms with Crippen LogP contribution < -0.4 is 10.6 Å². The first-order chi connectivity index (χ1) is 22.4. The SMILES string of the molecule is COC(=O)c1nc([C@@H](NC(=O)[C@H](Cc2ccc(O)cc2)NC(=O)OCc2ccccc2)C(C)(C)C)oc1-c1c[nH]c2ccc(F)cc12. The van der Waals surface area contributed by atoms with Gasteiger partial charge in [0.2, 0.25) is 11.8 Å². The molecule has 2 atom stereocenters. The topological polar surface area (TPSA) is 156 Å². The minimum atomic E-state index is -1.11. The number of hydrogen-bond acceptors (Lipinski definition) is 8. The van der Waals surface area contributed by atoms with Crippen molar-refractivity contribution in [2.45, 2.75) is 45.9 Å². The maximum absolute atomic E-state index is 14.2. The van der Waals surface area contributed by atoms with Crippen molar-refractivity contribution in [2.75, 3.05) is 7.11 Å². The zero-order valence-electron chi connectivity index (χ0n) is 26.3. The van der Waals surface area contributed by atoms with E-state index in [1.54, 1.807) is 24.4 Å². The fourth-order valence-electron chi connectivity index (χ4n) is 5.03. The van der Waals surface area contributed by atoms with Crippen LogP contribution in [0.25, 0.3) is 22.2 Å². The van der Waals surface area contributed by atoms with E-state index in [2.05, 4.69) is 20.6 Å². The van der Waals surface area contributed by atoms with Gasteiger partial charge >= 0.3 is 12.1 Å². The number of esters is 1. The Morgan fingerprint density at radius 1 is 1.00 bits per heavy atom. The Bertz CT molecular complexity index is 1880. The van der Waals surface area contributed by atoms with Crippen molar-refractivity contribution >= 4 is 28.9 Å². The van der Waals surface area contributed by atoms with Crippen molar-refractivity contribution in [3.05, 3.63) is 108 Å². The number of oxazole rings is 1. The van der Waals surface area contributed by atoms with E-state index in [0.717, 1.165) is 5.56 Å². The number of halogens is 1. The number of phenols is 1. The molecule has 0 spiro atoms. The molecule has 0 fully saturated rings. The van der Waals surface area contributed by atoms with Crippen molar-refractivity contribution in [3.63, 3.8) is 0 Å². The van der Waals surface area contributed by atoms with E-state index < -0.39 is 41.3 Å². The number of H-pyrrole nitrogens is 1. The minimum Gasteiger partial charge on any atom is -0.508 e. The first-order valence-corrected chi connectivity index (χ1v) is 14.8. The molecule has 0 saturated heterocycles. The standard InChI is InChI=1S/C35H35FN4O7/c1-35(2,3)30(32-39-28(33(43)45-4)29(47-32)25-18-37-26-15-12-22(36)17-24(25)26)40-31(42)27(16-20-10-13-23(41)14-11-20)38-34(44)46-19-21-8-6-5-7-9-21/h5-15,17-18,27,30,37,41H,16,19H2,1-4H3,(H,38,44)(H,40,42)/t27-,30+/m0/s1. The van der Waals surface area contributed by atoms with Crippen molar-refractivity contribution in [3.8, 4) is 17.1 Å². The van der Waals surface area contributed by atoms with Gasteiger partial charge in [-0.2, -0.15) is 0 Å². The molecule has 12 heteroatoms. The molecular formula is C35H35FN4O7. The Morgan fingerprint density at radius 3 is 2.40 bits per heavy atom. The number of nitrogens with one attached hydrogen (secondary N) is 3. The molecule has 0 saturated carbocycles. The zero-order chi connectivity index (χ0) is 33.7. The molecule has 4 N–H and O–H groups in total. The van der Waals surface area contributed by atoms with Crippen LogP contribution in [0.3, 0.4) is 0 Å². The predicted molar refractivity (Wildman–Crippen MR) is 171 cm³/mol. The molecule has 0 unspecified atom stereocenters. The lowest BCUT2D eigenvalue weighted by Gasteiger charge is -2.30. The monoisotopic (exact) mass is 642 g/mol. The van der Waals surface area contributed by atoms with Gasteiger partial charge in [0, 0.05) is 29.1 Å². The first-order valence-electron chi connectivity index (χ1n) is 14.8. The van der Waals surface area contributed by atoms with Gasteiger partial charge in [-0.25, -0.2) is 19.0 Å². The second-order valence-electron chi connectivity index (χ2n) is 12.1. The lowest BCUT2D eigenvalue weighted by Crippen LogP contribution is -2.50. The molecule has 5 rings (SSSR count). The van der Waals surface area contributed by atoms with Crippen LogP contribution in [0.2, 0.25) is 0 Å². The number of rotatable bonds is 10. The Hall–Kier alpha value is -5.65. The van der Waals surface area contributed by atoms with E-state index in [-0.39, 0.29) is 36.1 Å². The fraction of sp³-hybridized carbons (Fsp3) is 0.257. The smallest absolute Gasteiger partial charge is 0.408 e. The zero-order valence-corrected chi connectivity index (χ0v) is 26.3. The molecule has 0 aliphatic carbocycles. The van der Waals surface area contributed by atoms with Gasteiger partial charge in [-0.1, -0.05) is 63.2 Å². The third kappa shape index (κ3) is 7.78. The highest BCUT2D eigenvalue weighted by molar-refractivity contribution is 6.01. The van der Waals surface area contributed by atoms with Gasteiger partial charge in [-0.3, -0.25) is 4.79 Å². The van der Waals surface area contributed by atoms with Gasteiger partial charge in [0.25, 0.3) is 0 Å². The van der Waals surface area contributed by atoms with E-state index in [0.29, 0.717) is 22.0 Å². The summed E-state index contributed by atoms with van der Waals surface area (Å²) in [6.45, 7) is 5.53. The highest BCUT2D eigenvalue weighted by Crippen LogP contribution is 2.38. The summed E-state index contributed by atoms with van der Waals surface area (Å²) >= 11 is 0. The summed E-state index contributed by atoms with van der Waals surface area (Å²) in [5.41, 5.74) is 1.56. The first kappa shape index (κ1) is 32.7. The van der Waals surface area contributed by atoms with Gasteiger partial charge in [0.15, 0.2) is 11.5 Å². The van der Waals surface area contributed by atoms with Crippen LogP contribution in [-0.4, -0.2) is 46.2 Å². The molecule has 0 aliphatic heterocycles. The number of ether oxygens (including phenoxy) is 2. The number of hydrogen-bond donors (Lipinski definition) is 4. The van der Waals surface area contributed by atoms with Crippen LogP contribution in [0.15, 0.2) is 83.4 Å². The highest BCUT2D eigenvalue weighted by atomic mass is 19.1. The number of methoxy groups -OCH3 is 1. The molecule has 0 radical (unpaired) electrons. The van der Waals surface area contributed by atoms with Gasteiger partial charge in [0.1, 0.15) is 30.3 Å². The predicted octanol–water partition coefficient (Wildman–Crippen LogP) is 6.20. The van der Waals surface area contributed by atoms with Crippen LogP contribution in [0.1, 0.15) is 54.3 Å². The lowest BCUT2D eigenvalue weighted by atomic mass is 9.86. The van der Waals surface area contributed by atoms with Gasteiger partial charge in [0.05, 0.1) is 7.11 Å².